The molecule has 0 unspecified atom stereocenters. The molecule has 0 aliphatic heterocycles. The molecule has 0 saturated heterocycles. The van der Waals surface area contributed by atoms with Crippen LogP contribution in [0, 0.1) is 0 Å². The smallest absolute Gasteiger partial charge is 0.0431 e. The molecule has 4 heteroatoms. The maximum absolute atomic E-state index is 8.63. The second kappa shape index (κ2) is 7.07. The van der Waals surface area contributed by atoms with Crippen molar-refractivity contribution >= 4 is 24.0 Å². The minimum Gasteiger partial charge on any atom is -0.396 e. The molecule has 1 atom stereocenters. The summed E-state index contributed by atoms with van der Waals surface area (Å²) in [7, 11) is 0. The van der Waals surface area contributed by atoms with E-state index in [1.807, 2.05) is 24.3 Å². The van der Waals surface area contributed by atoms with E-state index in [0.717, 1.165) is 23.4 Å². The quantitative estimate of drug-likeness (QED) is 0.843. The summed E-state index contributed by atoms with van der Waals surface area (Å²) in [5.74, 6) is 0. The highest BCUT2D eigenvalue weighted by Gasteiger charge is 2.04. The zero-order chi connectivity index (χ0) is 9.68. The Hall–Kier alpha value is -0.280. The Balaban J connectivity index is 0.00000169. The number of nitrogens with two attached hydrogens (primary N) is 1. The predicted octanol–water partition coefficient (Wildman–Crippen LogP) is 2.53. The van der Waals surface area contributed by atoms with Crippen LogP contribution in [0.3, 0.4) is 0 Å². The zero-order valence-corrected chi connectivity index (χ0v) is 9.39. The molecule has 0 aliphatic rings. The first-order valence-corrected chi connectivity index (χ1v) is 4.73. The van der Waals surface area contributed by atoms with Crippen LogP contribution in [-0.4, -0.2) is 11.7 Å². The minimum absolute atomic E-state index is 0. The molecule has 1 rings (SSSR count). The van der Waals surface area contributed by atoms with E-state index in [9.17, 15) is 0 Å². The molecular formula is C10H15Cl2NO. The van der Waals surface area contributed by atoms with Crippen LogP contribution in [0.4, 0.5) is 0 Å². The fourth-order valence-electron chi connectivity index (χ4n) is 1.19. The van der Waals surface area contributed by atoms with E-state index in [-0.39, 0.29) is 25.1 Å². The molecule has 3 N–H and O–H groups in total. The van der Waals surface area contributed by atoms with Gasteiger partial charge in [-0.2, -0.15) is 0 Å². The molecule has 0 aromatic heterocycles. The van der Waals surface area contributed by atoms with E-state index in [1.54, 1.807) is 0 Å². The number of aliphatic hydroxyl groups excluding tert-OH is 1. The highest BCUT2D eigenvalue weighted by molar-refractivity contribution is 6.30. The summed E-state index contributed by atoms with van der Waals surface area (Å²) in [6, 6.07) is 7.50. The Morgan fingerprint density at radius 3 is 2.36 bits per heavy atom. The van der Waals surface area contributed by atoms with Crippen molar-refractivity contribution in [2.45, 2.75) is 18.9 Å². The first kappa shape index (κ1) is 13.7. The molecule has 0 spiro atoms. The molecule has 0 saturated carbocycles. The Kier molecular flexibility index (Phi) is 6.93. The van der Waals surface area contributed by atoms with E-state index in [4.69, 9.17) is 22.4 Å². The van der Waals surface area contributed by atoms with Gasteiger partial charge in [0, 0.05) is 17.7 Å². The van der Waals surface area contributed by atoms with E-state index in [2.05, 4.69) is 0 Å². The second-order valence-electron chi connectivity index (χ2n) is 3.02. The van der Waals surface area contributed by atoms with Crippen LogP contribution in [0.5, 0.6) is 0 Å². The van der Waals surface area contributed by atoms with Crippen LogP contribution in [0.15, 0.2) is 24.3 Å². The fourth-order valence-corrected chi connectivity index (χ4v) is 1.31. The van der Waals surface area contributed by atoms with Crippen molar-refractivity contribution in [2.75, 3.05) is 6.61 Å². The number of hydrogen-bond donors (Lipinski definition) is 2. The van der Waals surface area contributed by atoms with Gasteiger partial charge in [-0.15, -0.1) is 12.4 Å². The summed E-state index contributed by atoms with van der Waals surface area (Å²) >= 11 is 5.74. The SMILES string of the molecule is Cl.N[C@@H](CCCO)c1ccc(Cl)cc1. The van der Waals surface area contributed by atoms with Crippen LogP contribution in [0.1, 0.15) is 24.4 Å². The Bertz CT molecular complexity index is 251. The number of halogens is 2. The average Bonchev–Trinajstić information content (AvgIpc) is 2.15. The topological polar surface area (TPSA) is 46.2 Å². The van der Waals surface area contributed by atoms with Crippen molar-refractivity contribution in [1.82, 2.24) is 0 Å². The highest BCUT2D eigenvalue weighted by atomic mass is 35.5. The zero-order valence-electron chi connectivity index (χ0n) is 7.82. The Morgan fingerprint density at radius 2 is 1.86 bits per heavy atom. The van der Waals surface area contributed by atoms with Gasteiger partial charge in [0.25, 0.3) is 0 Å². The molecule has 0 aliphatic carbocycles. The molecule has 1 aromatic carbocycles. The van der Waals surface area contributed by atoms with Crippen LogP contribution in [0.2, 0.25) is 5.02 Å². The normalized spacial score (nSPS) is 11.9. The lowest BCUT2D eigenvalue weighted by Gasteiger charge is -2.10. The van der Waals surface area contributed by atoms with E-state index >= 15 is 0 Å². The van der Waals surface area contributed by atoms with Crippen molar-refractivity contribution in [2.24, 2.45) is 5.73 Å². The first-order valence-electron chi connectivity index (χ1n) is 4.36. The Labute approximate surface area is 95.5 Å². The highest BCUT2D eigenvalue weighted by Crippen LogP contribution is 2.17. The van der Waals surface area contributed by atoms with Gasteiger partial charge in [-0.05, 0) is 30.5 Å². The summed E-state index contributed by atoms with van der Waals surface area (Å²) in [4.78, 5) is 0. The van der Waals surface area contributed by atoms with Crippen LogP contribution < -0.4 is 5.73 Å². The van der Waals surface area contributed by atoms with Gasteiger partial charge in [-0.3, -0.25) is 0 Å². The van der Waals surface area contributed by atoms with Crippen LogP contribution >= 0.6 is 24.0 Å². The number of rotatable bonds is 4. The van der Waals surface area contributed by atoms with Gasteiger partial charge in [0.1, 0.15) is 0 Å². The lowest BCUT2D eigenvalue weighted by atomic mass is 10.0. The van der Waals surface area contributed by atoms with Crippen molar-refractivity contribution in [3.63, 3.8) is 0 Å². The molecule has 0 amide bonds. The average molecular weight is 236 g/mol. The van der Waals surface area contributed by atoms with Gasteiger partial charge in [-0.1, -0.05) is 23.7 Å². The maximum Gasteiger partial charge on any atom is 0.0431 e. The monoisotopic (exact) mass is 235 g/mol. The van der Waals surface area contributed by atoms with Gasteiger partial charge in [0.05, 0.1) is 0 Å². The molecule has 80 valence electrons. The number of benzene rings is 1. The van der Waals surface area contributed by atoms with E-state index < -0.39 is 0 Å². The maximum atomic E-state index is 8.63. The third kappa shape index (κ3) is 4.29. The largest absolute Gasteiger partial charge is 0.396 e. The van der Waals surface area contributed by atoms with Crippen LogP contribution in [-0.2, 0) is 0 Å². The van der Waals surface area contributed by atoms with Crippen molar-refractivity contribution in [3.8, 4) is 0 Å². The van der Waals surface area contributed by atoms with Gasteiger partial charge in [0.15, 0.2) is 0 Å². The third-order valence-corrected chi connectivity index (χ3v) is 2.22. The molecular weight excluding hydrogens is 221 g/mol. The molecule has 0 radical (unpaired) electrons. The molecule has 2 nitrogen and oxygen atoms in total. The molecule has 0 bridgehead atoms. The fraction of sp³-hybridized carbons (Fsp3) is 0.400. The second-order valence-corrected chi connectivity index (χ2v) is 3.46. The molecule has 0 fully saturated rings. The summed E-state index contributed by atoms with van der Waals surface area (Å²) in [6.07, 6.45) is 1.54. The summed E-state index contributed by atoms with van der Waals surface area (Å²) < 4.78 is 0. The van der Waals surface area contributed by atoms with Crippen LogP contribution in [0.25, 0.3) is 0 Å². The van der Waals surface area contributed by atoms with Crippen molar-refractivity contribution in [3.05, 3.63) is 34.9 Å². The standard InChI is InChI=1S/C10H14ClNO.ClH/c11-9-5-3-8(4-6-9)10(12)2-1-7-13;/h3-6,10,13H,1-2,7,12H2;1H/t10-;/m0./s1. The predicted molar refractivity (Wildman–Crippen MR) is 61.9 cm³/mol. The van der Waals surface area contributed by atoms with E-state index in [1.165, 1.54) is 0 Å². The van der Waals surface area contributed by atoms with E-state index in [0.29, 0.717) is 0 Å². The molecule has 1 aromatic rings. The summed E-state index contributed by atoms with van der Waals surface area (Å²) in [6.45, 7) is 0.196. The number of aliphatic hydroxyl groups is 1. The van der Waals surface area contributed by atoms with Gasteiger partial charge < -0.3 is 10.8 Å². The van der Waals surface area contributed by atoms with Gasteiger partial charge in [0.2, 0.25) is 0 Å². The number of hydrogen-bond acceptors (Lipinski definition) is 2. The molecule has 14 heavy (non-hydrogen) atoms. The molecule has 0 heterocycles. The van der Waals surface area contributed by atoms with Gasteiger partial charge >= 0.3 is 0 Å². The Morgan fingerprint density at radius 1 is 1.29 bits per heavy atom. The van der Waals surface area contributed by atoms with Gasteiger partial charge in [-0.25, -0.2) is 0 Å². The van der Waals surface area contributed by atoms with Crippen molar-refractivity contribution in [1.29, 1.82) is 0 Å². The lowest BCUT2D eigenvalue weighted by molar-refractivity contribution is 0.280. The summed E-state index contributed by atoms with van der Waals surface area (Å²) in [5.41, 5.74) is 6.94. The minimum atomic E-state index is 0. The van der Waals surface area contributed by atoms with Crippen molar-refractivity contribution < 1.29 is 5.11 Å². The third-order valence-electron chi connectivity index (χ3n) is 1.97. The lowest BCUT2D eigenvalue weighted by Crippen LogP contribution is -2.10. The first-order chi connectivity index (χ1) is 6.24. The summed E-state index contributed by atoms with van der Waals surface area (Å²) in [5, 5.41) is 9.35.